The van der Waals surface area contributed by atoms with Gasteiger partial charge >= 0.3 is 12.1 Å². The van der Waals surface area contributed by atoms with Crippen molar-refractivity contribution in [2.24, 2.45) is 0 Å². The highest BCUT2D eigenvalue weighted by atomic mass is 19.4. The van der Waals surface area contributed by atoms with Gasteiger partial charge in [0.25, 0.3) is 5.91 Å². The van der Waals surface area contributed by atoms with Crippen molar-refractivity contribution in [1.82, 2.24) is 15.1 Å². The Morgan fingerprint density at radius 2 is 1.50 bits per heavy atom. The van der Waals surface area contributed by atoms with Crippen LogP contribution < -0.4 is 5.32 Å². The first kappa shape index (κ1) is 28.6. The van der Waals surface area contributed by atoms with Gasteiger partial charge in [0.1, 0.15) is 5.82 Å². The molecule has 0 aliphatic rings. The summed E-state index contributed by atoms with van der Waals surface area (Å²) < 4.78 is 56.4. The molecule has 0 aliphatic carbocycles. The van der Waals surface area contributed by atoms with Crippen LogP contribution in [0.5, 0.6) is 0 Å². The second-order valence-electron chi connectivity index (χ2n) is 10.4. The number of nitrogens with zero attached hydrogens (tertiary/aromatic N) is 2. The number of nitrogens with one attached hydrogen (secondary N) is 1. The number of aromatic nitrogens is 2. The molecular weight excluding hydrogens is 574 g/mol. The smallest absolute Gasteiger partial charge is 0.416 e. The van der Waals surface area contributed by atoms with Crippen LogP contribution in [0.3, 0.4) is 0 Å². The van der Waals surface area contributed by atoms with Crippen LogP contribution in [0.25, 0.3) is 32.8 Å². The number of carbonyl (C=O) groups is 2. The largest absolute Gasteiger partial charge is 0.478 e. The third kappa shape index (κ3) is 5.87. The van der Waals surface area contributed by atoms with E-state index in [2.05, 4.69) is 10.4 Å². The maximum absolute atomic E-state index is 14.3. The van der Waals surface area contributed by atoms with Crippen molar-refractivity contribution < 1.29 is 32.3 Å². The van der Waals surface area contributed by atoms with E-state index >= 15 is 0 Å². The Labute approximate surface area is 248 Å². The van der Waals surface area contributed by atoms with Gasteiger partial charge < -0.3 is 10.4 Å². The van der Waals surface area contributed by atoms with Crippen molar-refractivity contribution in [1.29, 1.82) is 0 Å². The number of fused-ring (bicyclic) bond motifs is 2. The predicted octanol–water partition coefficient (Wildman–Crippen LogP) is 7.69. The Hall–Kier alpha value is -5.51. The zero-order chi connectivity index (χ0) is 31.0. The normalized spacial score (nSPS) is 11.6. The summed E-state index contributed by atoms with van der Waals surface area (Å²) in [6, 6.07) is 25.1. The van der Waals surface area contributed by atoms with E-state index in [0.717, 1.165) is 28.5 Å². The molecule has 0 bridgehead atoms. The standard InChI is InChI=1S/C34H23F4N3O3/c35-29-14-26(13-28(16-29)34(36,37)38)25-12-27-18-40-41(19-21-7-8-22-3-1-2-4-24(22)11-21)31(27)30(15-25)32(42)39-17-20-5-9-23(10-6-20)33(43)44/h1-16,18H,17,19H2,(H,39,42)(H,43,44). The lowest BCUT2D eigenvalue weighted by atomic mass is 9.98. The van der Waals surface area contributed by atoms with Crippen LogP contribution in [0.1, 0.15) is 37.4 Å². The van der Waals surface area contributed by atoms with Gasteiger partial charge in [0.15, 0.2) is 0 Å². The molecule has 6 nitrogen and oxygen atoms in total. The second-order valence-corrected chi connectivity index (χ2v) is 10.4. The zero-order valence-corrected chi connectivity index (χ0v) is 22.9. The molecule has 44 heavy (non-hydrogen) atoms. The average molecular weight is 598 g/mol. The van der Waals surface area contributed by atoms with Crippen molar-refractivity contribution in [2.45, 2.75) is 19.3 Å². The number of alkyl halides is 3. The third-order valence-corrected chi connectivity index (χ3v) is 7.34. The third-order valence-electron chi connectivity index (χ3n) is 7.34. The van der Waals surface area contributed by atoms with Crippen LogP contribution in [0.15, 0.2) is 103 Å². The molecule has 1 aromatic heterocycles. The highest BCUT2D eigenvalue weighted by molar-refractivity contribution is 6.07. The first-order chi connectivity index (χ1) is 21.0. The summed E-state index contributed by atoms with van der Waals surface area (Å²) in [5, 5.41) is 19.0. The number of hydrogen-bond donors (Lipinski definition) is 2. The first-order valence-electron chi connectivity index (χ1n) is 13.5. The first-order valence-corrected chi connectivity index (χ1v) is 13.5. The molecule has 0 unspecified atom stereocenters. The number of rotatable bonds is 7. The summed E-state index contributed by atoms with van der Waals surface area (Å²) in [6.45, 7) is 0.365. The summed E-state index contributed by atoms with van der Waals surface area (Å²) in [4.78, 5) is 24.8. The molecule has 0 aliphatic heterocycles. The molecule has 5 aromatic carbocycles. The maximum atomic E-state index is 14.3. The molecule has 0 saturated carbocycles. The monoisotopic (exact) mass is 597 g/mol. The van der Waals surface area contributed by atoms with Gasteiger partial charge in [-0.3, -0.25) is 9.48 Å². The van der Waals surface area contributed by atoms with Crippen molar-refractivity contribution in [3.8, 4) is 11.1 Å². The van der Waals surface area contributed by atoms with Gasteiger partial charge in [-0.05, 0) is 81.6 Å². The minimum atomic E-state index is -4.76. The number of amides is 1. The molecule has 0 atom stereocenters. The van der Waals surface area contributed by atoms with E-state index in [1.807, 2.05) is 42.5 Å². The fraction of sp³-hybridized carbons (Fsp3) is 0.0882. The fourth-order valence-electron chi connectivity index (χ4n) is 5.17. The molecule has 0 spiro atoms. The molecular formula is C34H23F4N3O3. The molecule has 1 amide bonds. The minimum absolute atomic E-state index is 0.0418. The van der Waals surface area contributed by atoms with Crippen molar-refractivity contribution >= 4 is 33.6 Å². The Kier molecular flexibility index (Phi) is 7.34. The van der Waals surface area contributed by atoms with Crippen LogP contribution in [-0.2, 0) is 19.3 Å². The van der Waals surface area contributed by atoms with Crippen molar-refractivity contribution in [3.63, 3.8) is 0 Å². The lowest BCUT2D eigenvalue weighted by molar-refractivity contribution is -0.137. The van der Waals surface area contributed by atoms with Gasteiger partial charge in [0, 0.05) is 11.9 Å². The average Bonchev–Trinajstić information content (AvgIpc) is 3.41. The second kappa shape index (κ2) is 11.3. The van der Waals surface area contributed by atoms with Crippen LogP contribution in [0.4, 0.5) is 17.6 Å². The van der Waals surface area contributed by atoms with E-state index in [9.17, 15) is 27.2 Å². The molecule has 2 N–H and O–H groups in total. The molecule has 10 heteroatoms. The highest BCUT2D eigenvalue weighted by Crippen LogP contribution is 2.35. The minimum Gasteiger partial charge on any atom is -0.478 e. The van der Waals surface area contributed by atoms with Gasteiger partial charge in [-0.25, -0.2) is 9.18 Å². The lowest BCUT2D eigenvalue weighted by Gasteiger charge is -2.14. The summed E-state index contributed by atoms with van der Waals surface area (Å²) in [5.74, 6) is -2.67. The number of halogens is 4. The SMILES string of the molecule is O=C(O)c1ccc(CNC(=O)c2cc(-c3cc(F)cc(C(F)(F)F)c3)cc3cnn(Cc4ccc5ccccc5c4)c23)cc1. The molecule has 6 aromatic rings. The quantitative estimate of drug-likeness (QED) is 0.185. The van der Waals surface area contributed by atoms with Gasteiger partial charge in [-0.2, -0.15) is 18.3 Å². The zero-order valence-electron chi connectivity index (χ0n) is 22.9. The summed E-state index contributed by atoms with van der Waals surface area (Å²) in [5.41, 5.74) is 1.27. The predicted molar refractivity (Wildman–Crippen MR) is 158 cm³/mol. The number of carboxylic acids is 1. The van der Waals surface area contributed by atoms with E-state index in [-0.39, 0.29) is 28.8 Å². The Balaban J connectivity index is 1.41. The van der Waals surface area contributed by atoms with Gasteiger partial charge in [-0.15, -0.1) is 0 Å². The molecule has 0 fully saturated rings. The van der Waals surface area contributed by atoms with E-state index in [4.69, 9.17) is 5.11 Å². The Morgan fingerprint density at radius 1 is 0.795 bits per heavy atom. The van der Waals surface area contributed by atoms with E-state index < -0.39 is 29.4 Å². The number of aromatic carboxylic acids is 1. The molecule has 0 radical (unpaired) electrons. The topological polar surface area (TPSA) is 84.2 Å². The van der Waals surface area contributed by atoms with Crippen LogP contribution >= 0.6 is 0 Å². The summed E-state index contributed by atoms with van der Waals surface area (Å²) in [7, 11) is 0. The fourth-order valence-corrected chi connectivity index (χ4v) is 5.17. The highest BCUT2D eigenvalue weighted by Gasteiger charge is 2.31. The molecule has 0 saturated heterocycles. The van der Waals surface area contributed by atoms with Crippen molar-refractivity contribution in [2.75, 3.05) is 0 Å². The summed E-state index contributed by atoms with van der Waals surface area (Å²) in [6.07, 6.45) is -3.24. The molecule has 1 heterocycles. The van der Waals surface area contributed by atoms with Crippen LogP contribution in [0, 0.1) is 5.82 Å². The van der Waals surface area contributed by atoms with E-state index in [0.29, 0.717) is 29.1 Å². The van der Waals surface area contributed by atoms with Crippen LogP contribution in [0.2, 0.25) is 0 Å². The van der Waals surface area contributed by atoms with E-state index in [1.165, 1.54) is 24.4 Å². The van der Waals surface area contributed by atoms with Gasteiger partial charge in [0.05, 0.1) is 34.9 Å². The number of hydrogen-bond acceptors (Lipinski definition) is 3. The number of carbonyl (C=O) groups excluding carboxylic acids is 1. The Bertz CT molecular complexity index is 2050. The Morgan fingerprint density at radius 3 is 2.23 bits per heavy atom. The van der Waals surface area contributed by atoms with Gasteiger partial charge in [-0.1, -0.05) is 48.5 Å². The lowest BCUT2D eigenvalue weighted by Crippen LogP contribution is -2.24. The number of benzene rings is 5. The maximum Gasteiger partial charge on any atom is 0.416 e. The number of carboxylic acid groups (broad SMARTS) is 1. The molecule has 220 valence electrons. The summed E-state index contributed by atoms with van der Waals surface area (Å²) >= 11 is 0. The van der Waals surface area contributed by atoms with E-state index in [1.54, 1.807) is 22.9 Å². The van der Waals surface area contributed by atoms with Gasteiger partial charge in [0.2, 0.25) is 0 Å². The van der Waals surface area contributed by atoms with Crippen molar-refractivity contribution in [3.05, 3.63) is 137 Å². The molecule has 6 rings (SSSR count). The van der Waals surface area contributed by atoms with Crippen LogP contribution in [-0.4, -0.2) is 26.8 Å².